The van der Waals surface area contributed by atoms with Crippen LogP contribution in [0.3, 0.4) is 0 Å². The van der Waals surface area contributed by atoms with Crippen LogP contribution in [0.1, 0.15) is 52.8 Å². The van der Waals surface area contributed by atoms with Crippen LogP contribution in [0.4, 0.5) is 0 Å². The van der Waals surface area contributed by atoms with Gasteiger partial charge in [0.25, 0.3) is 0 Å². The second-order valence-corrected chi connectivity index (χ2v) is 6.83. The van der Waals surface area contributed by atoms with Gasteiger partial charge in [-0.1, -0.05) is 53.7 Å². The maximum Gasteiger partial charge on any atom is 0.0926 e. The van der Waals surface area contributed by atoms with E-state index >= 15 is 0 Å². The molecule has 2 rings (SSSR count). The minimum Gasteiger partial charge on any atom is -0.281 e. The van der Waals surface area contributed by atoms with E-state index < -0.39 is 0 Å². The molecule has 0 amide bonds. The molecule has 0 fully saturated rings. The first-order valence-corrected chi connectivity index (χ1v) is 6.19. The van der Waals surface area contributed by atoms with Gasteiger partial charge in [-0.25, -0.2) is 0 Å². The number of hydrogen-bond donors (Lipinski definition) is 1. The van der Waals surface area contributed by atoms with Crippen molar-refractivity contribution in [1.29, 1.82) is 0 Å². The van der Waals surface area contributed by atoms with E-state index in [0.29, 0.717) is 0 Å². The highest BCUT2D eigenvalue weighted by Gasteiger charge is 2.21. The topological polar surface area (TPSA) is 28.7 Å². The normalized spacial score (nSPS) is 13.3. The van der Waals surface area contributed by atoms with Crippen LogP contribution in [-0.2, 0) is 10.8 Å². The van der Waals surface area contributed by atoms with E-state index in [0.717, 1.165) is 5.52 Å². The zero-order valence-corrected chi connectivity index (χ0v) is 11.7. The van der Waals surface area contributed by atoms with Gasteiger partial charge >= 0.3 is 0 Å². The molecule has 0 saturated heterocycles. The van der Waals surface area contributed by atoms with Crippen LogP contribution in [-0.4, -0.2) is 10.2 Å². The van der Waals surface area contributed by atoms with Gasteiger partial charge in [-0.15, -0.1) is 0 Å². The zero-order valence-electron chi connectivity index (χ0n) is 11.7. The Bertz CT molecular complexity index is 536. The van der Waals surface area contributed by atoms with Crippen molar-refractivity contribution in [2.24, 2.45) is 0 Å². The molecule has 1 aromatic heterocycles. The minimum absolute atomic E-state index is 0.109. The first-order chi connectivity index (χ1) is 7.69. The maximum atomic E-state index is 4.43. The van der Waals surface area contributed by atoms with Gasteiger partial charge in [0.2, 0.25) is 0 Å². The van der Waals surface area contributed by atoms with Crippen molar-refractivity contribution in [3.8, 4) is 0 Å². The Balaban J connectivity index is 2.61. The third kappa shape index (κ3) is 2.21. The summed E-state index contributed by atoms with van der Waals surface area (Å²) >= 11 is 0. The predicted molar refractivity (Wildman–Crippen MR) is 73.5 cm³/mol. The lowest BCUT2D eigenvalue weighted by atomic mass is 9.85. The fraction of sp³-hybridized carbons (Fsp3) is 0.533. The van der Waals surface area contributed by atoms with E-state index in [1.54, 1.807) is 0 Å². The van der Waals surface area contributed by atoms with Crippen LogP contribution in [0.2, 0.25) is 0 Å². The average Bonchev–Trinajstić information content (AvgIpc) is 2.57. The first kappa shape index (κ1) is 12.2. The van der Waals surface area contributed by atoms with E-state index in [-0.39, 0.29) is 10.8 Å². The summed E-state index contributed by atoms with van der Waals surface area (Å²) in [6, 6.07) is 6.61. The Kier molecular flexibility index (Phi) is 2.57. The molecule has 2 nitrogen and oxygen atoms in total. The van der Waals surface area contributed by atoms with Gasteiger partial charge in [0.05, 0.1) is 5.52 Å². The zero-order chi connectivity index (χ0) is 12.8. The number of aromatic nitrogens is 2. The lowest BCUT2D eigenvalue weighted by molar-refractivity contribution is 0.571. The second-order valence-electron chi connectivity index (χ2n) is 6.83. The Hall–Kier alpha value is -1.31. The first-order valence-electron chi connectivity index (χ1n) is 6.19. The van der Waals surface area contributed by atoms with Crippen LogP contribution in [0, 0.1) is 0 Å². The number of hydrogen-bond acceptors (Lipinski definition) is 1. The highest BCUT2D eigenvalue weighted by Crippen LogP contribution is 2.31. The summed E-state index contributed by atoms with van der Waals surface area (Å²) < 4.78 is 0. The van der Waals surface area contributed by atoms with Crippen LogP contribution >= 0.6 is 0 Å². The van der Waals surface area contributed by atoms with Crippen molar-refractivity contribution in [1.82, 2.24) is 10.2 Å². The van der Waals surface area contributed by atoms with Crippen molar-refractivity contribution in [2.75, 3.05) is 0 Å². The van der Waals surface area contributed by atoms with Gasteiger partial charge in [0.15, 0.2) is 0 Å². The molecule has 0 radical (unpaired) electrons. The standard InChI is InChI=1S/C15H22N2/c1-14(2,3)10-7-8-11-12(9-10)16-17-13(11)15(4,5)6/h7-9H,1-6H3,(H,16,17). The molecule has 1 heterocycles. The van der Waals surface area contributed by atoms with Crippen molar-refractivity contribution < 1.29 is 0 Å². The average molecular weight is 230 g/mol. The number of H-pyrrole nitrogens is 1. The third-order valence-electron chi connectivity index (χ3n) is 3.17. The van der Waals surface area contributed by atoms with Crippen molar-refractivity contribution >= 4 is 10.9 Å². The summed E-state index contributed by atoms with van der Waals surface area (Å²) in [5, 5.41) is 8.86. The molecule has 92 valence electrons. The fourth-order valence-corrected chi connectivity index (χ4v) is 2.05. The van der Waals surface area contributed by atoms with Crippen LogP contribution in [0.25, 0.3) is 10.9 Å². The lowest BCUT2D eigenvalue weighted by Gasteiger charge is -2.19. The molecule has 0 aliphatic heterocycles. The Morgan fingerprint density at radius 3 is 2.12 bits per heavy atom. The molecule has 1 aromatic carbocycles. The number of benzene rings is 1. The van der Waals surface area contributed by atoms with Gasteiger partial charge in [0, 0.05) is 16.5 Å². The Labute approximate surface area is 103 Å². The molecular formula is C15H22N2. The van der Waals surface area contributed by atoms with Gasteiger partial charge in [0.1, 0.15) is 0 Å². The number of aromatic amines is 1. The summed E-state index contributed by atoms with van der Waals surface area (Å²) in [5.74, 6) is 0. The van der Waals surface area contributed by atoms with E-state index in [2.05, 4.69) is 69.9 Å². The van der Waals surface area contributed by atoms with Gasteiger partial charge in [-0.3, -0.25) is 5.10 Å². The van der Waals surface area contributed by atoms with E-state index in [9.17, 15) is 0 Å². The van der Waals surface area contributed by atoms with Gasteiger partial charge in [-0.05, 0) is 17.0 Å². The Morgan fingerprint density at radius 2 is 1.59 bits per heavy atom. The van der Waals surface area contributed by atoms with Gasteiger partial charge < -0.3 is 0 Å². The lowest BCUT2D eigenvalue weighted by Crippen LogP contribution is -2.12. The molecule has 0 bridgehead atoms. The smallest absolute Gasteiger partial charge is 0.0926 e. The maximum absolute atomic E-state index is 4.43. The van der Waals surface area contributed by atoms with E-state index in [1.165, 1.54) is 16.6 Å². The van der Waals surface area contributed by atoms with Crippen molar-refractivity contribution in [3.63, 3.8) is 0 Å². The molecule has 0 spiro atoms. The van der Waals surface area contributed by atoms with Crippen LogP contribution < -0.4 is 0 Å². The van der Waals surface area contributed by atoms with Crippen LogP contribution in [0.15, 0.2) is 18.2 Å². The number of nitrogens with zero attached hydrogens (tertiary/aromatic N) is 1. The molecule has 0 saturated carbocycles. The van der Waals surface area contributed by atoms with E-state index in [1.807, 2.05) is 0 Å². The SMILES string of the molecule is CC(C)(C)c1ccc2c(C(C)(C)C)[nH]nc2c1. The second kappa shape index (κ2) is 3.59. The monoisotopic (exact) mass is 230 g/mol. The van der Waals surface area contributed by atoms with Crippen molar-refractivity contribution in [2.45, 2.75) is 52.4 Å². The molecule has 0 aliphatic carbocycles. The molecule has 2 aromatic rings. The van der Waals surface area contributed by atoms with Gasteiger partial charge in [-0.2, -0.15) is 5.10 Å². The molecule has 17 heavy (non-hydrogen) atoms. The molecule has 2 heteroatoms. The number of nitrogens with one attached hydrogen (secondary N) is 1. The largest absolute Gasteiger partial charge is 0.281 e. The third-order valence-corrected chi connectivity index (χ3v) is 3.17. The summed E-state index contributed by atoms with van der Waals surface area (Å²) in [5.41, 5.74) is 3.90. The number of rotatable bonds is 0. The highest BCUT2D eigenvalue weighted by atomic mass is 15.1. The molecule has 0 atom stereocenters. The summed E-state index contributed by atoms with van der Waals surface area (Å²) in [4.78, 5) is 0. The van der Waals surface area contributed by atoms with Crippen LogP contribution in [0.5, 0.6) is 0 Å². The summed E-state index contributed by atoms with van der Waals surface area (Å²) in [6.07, 6.45) is 0. The van der Waals surface area contributed by atoms with E-state index in [4.69, 9.17) is 0 Å². The quantitative estimate of drug-likeness (QED) is 0.723. The predicted octanol–water partition coefficient (Wildman–Crippen LogP) is 4.16. The number of fused-ring (bicyclic) bond motifs is 1. The molecule has 0 aliphatic rings. The molecular weight excluding hydrogens is 208 g/mol. The highest BCUT2D eigenvalue weighted by molar-refractivity contribution is 5.83. The molecule has 1 N–H and O–H groups in total. The fourth-order valence-electron chi connectivity index (χ4n) is 2.05. The Morgan fingerprint density at radius 1 is 0.941 bits per heavy atom. The van der Waals surface area contributed by atoms with Crippen molar-refractivity contribution in [3.05, 3.63) is 29.5 Å². The minimum atomic E-state index is 0.109. The summed E-state index contributed by atoms with van der Waals surface area (Å²) in [7, 11) is 0. The summed E-state index contributed by atoms with van der Waals surface area (Å²) in [6.45, 7) is 13.3. The molecule has 0 unspecified atom stereocenters.